The third-order valence-electron chi connectivity index (χ3n) is 3.55. The minimum Gasteiger partial charge on any atom is -0.325 e. The summed E-state index contributed by atoms with van der Waals surface area (Å²) in [5.41, 5.74) is 9.98. The highest BCUT2D eigenvalue weighted by Gasteiger charge is 1.96. The van der Waals surface area contributed by atoms with E-state index >= 15 is 0 Å². The molecule has 178 valence electrons. The SMILES string of the molecule is C=C/C=C\CCCC(=C)C.CC(C)(C)C.CN=C/C=C(\C=CC(C)N)Cc1ccccc1. The summed E-state index contributed by atoms with van der Waals surface area (Å²) in [5.74, 6) is 0. The molecule has 2 nitrogen and oxygen atoms in total. The van der Waals surface area contributed by atoms with Crippen LogP contribution in [0.2, 0.25) is 0 Å². The van der Waals surface area contributed by atoms with Gasteiger partial charge in [0.2, 0.25) is 0 Å². The van der Waals surface area contributed by atoms with Crippen molar-refractivity contribution in [3.05, 3.63) is 96.7 Å². The summed E-state index contributed by atoms with van der Waals surface area (Å²) in [6.45, 7) is 20.2. The molecule has 0 aliphatic carbocycles. The highest BCUT2D eigenvalue weighted by molar-refractivity contribution is 5.73. The molecule has 0 aliphatic heterocycles. The van der Waals surface area contributed by atoms with Gasteiger partial charge in [0.05, 0.1) is 0 Å². The molecule has 0 amide bonds. The number of rotatable bonds is 10. The van der Waals surface area contributed by atoms with E-state index in [4.69, 9.17) is 5.73 Å². The normalized spacial score (nSPS) is 12.8. The molecule has 0 radical (unpaired) electrons. The van der Waals surface area contributed by atoms with E-state index in [1.165, 1.54) is 23.1 Å². The molecule has 1 unspecified atom stereocenters. The summed E-state index contributed by atoms with van der Waals surface area (Å²) in [5, 5.41) is 0. The zero-order valence-electron chi connectivity index (χ0n) is 21.8. The van der Waals surface area contributed by atoms with Crippen molar-refractivity contribution in [3.63, 3.8) is 0 Å². The van der Waals surface area contributed by atoms with Crippen LogP contribution in [0.1, 0.15) is 66.4 Å². The van der Waals surface area contributed by atoms with Gasteiger partial charge < -0.3 is 5.73 Å². The molecule has 0 aromatic heterocycles. The van der Waals surface area contributed by atoms with Crippen molar-refractivity contribution in [3.8, 4) is 0 Å². The van der Waals surface area contributed by atoms with Crippen molar-refractivity contribution in [1.29, 1.82) is 0 Å². The second kappa shape index (κ2) is 20.5. The zero-order chi connectivity index (χ0) is 24.8. The van der Waals surface area contributed by atoms with Gasteiger partial charge in [-0.2, -0.15) is 0 Å². The Labute approximate surface area is 199 Å². The van der Waals surface area contributed by atoms with Gasteiger partial charge in [0, 0.05) is 19.3 Å². The van der Waals surface area contributed by atoms with E-state index in [9.17, 15) is 0 Å². The summed E-state index contributed by atoms with van der Waals surface area (Å²) in [4.78, 5) is 3.98. The number of aliphatic imine (C=N–C) groups is 1. The summed E-state index contributed by atoms with van der Waals surface area (Å²) in [6.07, 6.45) is 18.2. The Kier molecular flexibility index (Phi) is 20.3. The maximum atomic E-state index is 5.72. The van der Waals surface area contributed by atoms with E-state index in [0.717, 1.165) is 19.3 Å². The first-order valence-electron chi connectivity index (χ1n) is 11.5. The predicted octanol–water partition coefficient (Wildman–Crippen LogP) is 8.29. The number of nitrogens with zero attached hydrogens (tertiary/aromatic N) is 1. The molecule has 2 heteroatoms. The zero-order valence-corrected chi connectivity index (χ0v) is 21.8. The monoisotopic (exact) mass is 436 g/mol. The van der Waals surface area contributed by atoms with Crippen LogP contribution in [0.4, 0.5) is 0 Å². The fourth-order valence-corrected chi connectivity index (χ4v) is 2.16. The first kappa shape index (κ1) is 31.7. The molecule has 2 N–H and O–H groups in total. The van der Waals surface area contributed by atoms with Gasteiger partial charge in [0.1, 0.15) is 0 Å². The first-order valence-corrected chi connectivity index (χ1v) is 11.5. The van der Waals surface area contributed by atoms with Crippen LogP contribution in [0.15, 0.2) is 96.1 Å². The van der Waals surface area contributed by atoms with Crippen LogP contribution in [0.25, 0.3) is 0 Å². The Balaban J connectivity index is 0. The van der Waals surface area contributed by atoms with Gasteiger partial charge in [-0.15, -0.1) is 6.58 Å². The van der Waals surface area contributed by atoms with Crippen LogP contribution in [-0.4, -0.2) is 19.3 Å². The Morgan fingerprint density at radius 1 is 1.16 bits per heavy atom. The number of nitrogens with two attached hydrogens (primary N) is 1. The lowest BCUT2D eigenvalue weighted by molar-refractivity contribution is 0.469. The molecule has 0 aliphatic rings. The predicted molar refractivity (Wildman–Crippen MR) is 149 cm³/mol. The number of hydrogen-bond donors (Lipinski definition) is 1. The van der Waals surface area contributed by atoms with Crippen molar-refractivity contribution in [1.82, 2.24) is 0 Å². The van der Waals surface area contributed by atoms with Crippen molar-refractivity contribution in [2.24, 2.45) is 16.1 Å². The quantitative estimate of drug-likeness (QED) is 0.170. The molecule has 1 aromatic rings. The van der Waals surface area contributed by atoms with E-state index in [0.29, 0.717) is 5.41 Å². The molecular formula is C30H48N2. The van der Waals surface area contributed by atoms with E-state index in [1.54, 1.807) is 13.1 Å². The van der Waals surface area contributed by atoms with Crippen molar-refractivity contribution >= 4 is 6.21 Å². The second-order valence-electron chi connectivity index (χ2n) is 9.54. The van der Waals surface area contributed by atoms with E-state index in [-0.39, 0.29) is 6.04 Å². The van der Waals surface area contributed by atoms with Crippen LogP contribution in [-0.2, 0) is 6.42 Å². The summed E-state index contributed by atoms with van der Waals surface area (Å²) < 4.78 is 0. The average molecular weight is 437 g/mol. The van der Waals surface area contributed by atoms with Crippen LogP contribution < -0.4 is 5.73 Å². The molecule has 0 heterocycles. The summed E-state index contributed by atoms with van der Waals surface area (Å²) in [7, 11) is 1.77. The number of benzene rings is 1. The number of allylic oxidation sites excluding steroid dienone is 7. The van der Waals surface area contributed by atoms with E-state index in [2.05, 4.69) is 89.2 Å². The Morgan fingerprint density at radius 3 is 2.22 bits per heavy atom. The largest absolute Gasteiger partial charge is 0.325 e. The standard InChI is InChI=1S/C15H20N2.C10H16.C5H12/c1-13(16)8-9-15(10-11-17-2)12-14-6-4-3-5-7-14;1-4-5-6-7-8-9-10(2)3;1-5(2,3)4/h3-11,13H,12,16H2,1-2H3;4-6H,1-2,7-9H2,3H3;1-4H3/b9-8?,15-10+,17-11?;6-5-;. The maximum Gasteiger partial charge on any atom is 0.0277 e. The third kappa shape index (κ3) is 29.7. The van der Waals surface area contributed by atoms with Crippen LogP contribution in [0, 0.1) is 5.41 Å². The molecular weight excluding hydrogens is 388 g/mol. The van der Waals surface area contributed by atoms with Gasteiger partial charge in [0.25, 0.3) is 0 Å². The lowest BCUT2D eigenvalue weighted by atomic mass is 10.0. The summed E-state index contributed by atoms with van der Waals surface area (Å²) in [6, 6.07) is 10.4. The van der Waals surface area contributed by atoms with Crippen molar-refractivity contribution in [2.45, 2.75) is 73.3 Å². The van der Waals surface area contributed by atoms with Crippen molar-refractivity contribution in [2.75, 3.05) is 7.05 Å². The van der Waals surface area contributed by atoms with Crippen LogP contribution in [0.3, 0.4) is 0 Å². The Morgan fingerprint density at radius 2 is 1.75 bits per heavy atom. The maximum absolute atomic E-state index is 5.72. The molecule has 0 saturated carbocycles. The first-order chi connectivity index (χ1) is 15.0. The number of unbranched alkanes of at least 4 members (excludes halogenated alkanes) is 1. The minimum atomic E-state index is 0.0766. The Bertz CT molecular complexity index is 705. The fraction of sp³-hybridized carbons (Fsp3) is 0.433. The van der Waals surface area contributed by atoms with Crippen LogP contribution >= 0.6 is 0 Å². The Hall–Kier alpha value is -2.45. The fourth-order valence-electron chi connectivity index (χ4n) is 2.16. The van der Waals surface area contributed by atoms with E-state index < -0.39 is 0 Å². The van der Waals surface area contributed by atoms with Gasteiger partial charge in [-0.05, 0) is 62.2 Å². The molecule has 1 aromatic carbocycles. The second-order valence-corrected chi connectivity index (χ2v) is 9.54. The molecule has 0 spiro atoms. The molecule has 32 heavy (non-hydrogen) atoms. The molecule has 0 fully saturated rings. The van der Waals surface area contributed by atoms with E-state index in [1.807, 2.05) is 37.4 Å². The highest BCUT2D eigenvalue weighted by atomic mass is 14.6. The smallest absolute Gasteiger partial charge is 0.0277 e. The van der Waals surface area contributed by atoms with Gasteiger partial charge in [-0.1, -0.05) is 101 Å². The lowest BCUT2D eigenvalue weighted by Crippen LogP contribution is -2.10. The average Bonchev–Trinajstić information content (AvgIpc) is 2.69. The molecule has 1 atom stereocenters. The lowest BCUT2D eigenvalue weighted by Gasteiger charge is -2.05. The third-order valence-corrected chi connectivity index (χ3v) is 3.55. The van der Waals surface area contributed by atoms with Gasteiger partial charge >= 0.3 is 0 Å². The van der Waals surface area contributed by atoms with Crippen molar-refractivity contribution < 1.29 is 0 Å². The summed E-state index contributed by atoms with van der Waals surface area (Å²) >= 11 is 0. The number of hydrogen-bond acceptors (Lipinski definition) is 2. The van der Waals surface area contributed by atoms with Gasteiger partial charge in [0.15, 0.2) is 0 Å². The van der Waals surface area contributed by atoms with Gasteiger partial charge in [-0.3, -0.25) is 4.99 Å². The molecule has 0 saturated heterocycles. The van der Waals surface area contributed by atoms with Gasteiger partial charge in [-0.25, -0.2) is 0 Å². The molecule has 0 bridgehead atoms. The minimum absolute atomic E-state index is 0.0766. The van der Waals surface area contributed by atoms with Crippen LogP contribution in [0.5, 0.6) is 0 Å². The topological polar surface area (TPSA) is 38.4 Å². The highest BCUT2D eigenvalue weighted by Crippen LogP contribution is 2.09. The molecule has 1 rings (SSSR count).